The quantitative estimate of drug-likeness (QED) is 0.389. The van der Waals surface area contributed by atoms with Gasteiger partial charge in [-0.3, -0.25) is 33.8 Å². The zero-order chi connectivity index (χ0) is 31.5. The summed E-state index contributed by atoms with van der Waals surface area (Å²) in [6.07, 6.45) is 0.228. The first kappa shape index (κ1) is 30.5. The fourth-order valence-electron chi connectivity index (χ4n) is 7.47. The zero-order valence-electron chi connectivity index (χ0n) is 25.0. The molecule has 2 fully saturated rings. The zero-order valence-corrected chi connectivity index (χ0v) is 25.0. The molecule has 0 saturated heterocycles. The summed E-state index contributed by atoms with van der Waals surface area (Å²) < 4.78 is 0. The lowest BCUT2D eigenvalue weighted by molar-refractivity contribution is -0.181. The highest BCUT2D eigenvalue weighted by molar-refractivity contribution is 6.32. The van der Waals surface area contributed by atoms with Crippen molar-refractivity contribution in [3.63, 3.8) is 0 Å². The normalized spacial score (nSPS) is 28.5. The van der Waals surface area contributed by atoms with Gasteiger partial charge in [-0.05, 0) is 57.1 Å². The number of nitrogens with zero attached hydrogens (tertiary/aromatic N) is 3. The van der Waals surface area contributed by atoms with Crippen molar-refractivity contribution in [1.82, 2.24) is 9.80 Å². The second-order valence-corrected chi connectivity index (χ2v) is 12.6. The number of carbonyl (C=O) groups is 5. The molecule has 0 aliphatic heterocycles. The molecule has 2 aromatic rings. The number of benzene rings is 2. The molecule has 1 amide bonds. The lowest BCUT2D eigenvalue weighted by atomic mass is 9.52. The van der Waals surface area contributed by atoms with Crippen molar-refractivity contribution in [2.45, 2.75) is 37.6 Å². The molecule has 0 radical (unpaired) electrons. The molecule has 11 nitrogen and oxygen atoms in total. The molecule has 0 heterocycles. The van der Waals surface area contributed by atoms with Gasteiger partial charge in [0.1, 0.15) is 5.75 Å². The van der Waals surface area contributed by atoms with Crippen LogP contribution in [-0.4, -0.2) is 95.9 Å². The Morgan fingerprint density at radius 3 is 2.23 bits per heavy atom. The number of anilines is 1. The first-order chi connectivity index (χ1) is 20.2. The fraction of sp³-hybridized carbons (Fsp3) is 0.469. The SMILES string of the molecule is CN(Cc1ccccc1)Cc1cc(N(C)C)c2c(c1O)C(=O)C1C(=O)[C@]3(O)C(=O)C(C(N)=O)C(=O)[C@@H](N(C)C)[C@@H]3C[C@@H]1C2. The Morgan fingerprint density at radius 1 is 1.00 bits per heavy atom. The molecule has 4 N–H and O–H groups in total. The number of aromatic hydroxyl groups is 1. The first-order valence-electron chi connectivity index (χ1n) is 14.3. The van der Waals surface area contributed by atoms with Gasteiger partial charge in [-0.1, -0.05) is 30.3 Å². The highest BCUT2D eigenvalue weighted by atomic mass is 16.3. The molecule has 228 valence electrons. The van der Waals surface area contributed by atoms with E-state index in [9.17, 15) is 34.2 Å². The molecule has 43 heavy (non-hydrogen) atoms. The number of hydrogen-bond donors (Lipinski definition) is 3. The van der Waals surface area contributed by atoms with E-state index in [4.69, 9.17) is 5.73 Å². The Kier molecular flexibility index (Phi) is 7.78. The number of amides is 1. The Labute approximate surface area is 250 Å². The Bertz CT molecular complexity index is 1520. The van der Waals surface area contributed by atoms with Crippen LogP contribution in [-0.2, 0) is 38.7 Å². The van der Waals surface area contributed by atoms with E-state index in [0.29, 0.717) is 29.9 Å². The summed E-state index contributed by atoms with van der Waals surface area (Å²) >= 11 is 0. The Balaban J connectivity index is 1.58. The van der Waals surface area contributed by atoms with Crippen LogP contribution in [0.2, 0.25) is 0 Å². The van der Waals surface area contributed by atoms with Gasteiger partial charge in [0, 0.05) is 44.4 Å². The van der Waals surface area contributed by atoms with Crippen LogP contribution in [0.15, 0.2) is 36.4 Å². The molecule has 0 bridgehead atoms. The van der Waals surface area contributed by atoms with Crippen molar-refractivity contribution in [1.29, 1.82) is 0 Å². The van der Waals surface area contributed by atoms with Gasteiger partial charge in [-0.15, -0.1) is 0 Å². The van der Waals surface area contributed by atoms with Gasteiger partial charge < -0.3 is 20.8 Å². The van der Waals surface area contributed by atoms with Crippen molar-refractivity contribution in [2.24, 2.45) is 29.4 Å². The molecule has 2 saturated carbocycles. The van der Waals surface area contributed by atoms with Gasteiger partial charge in [0.15, 0.2) is 34.7 Å². The van der Waals surface area contributed by atoms with E-state index in [-0.39, 0.29) is 24.2 Å². The van der Waals surface area contributed by atoms with E-state index >= 15 is 0 Å². The van der Waals surface area contributed by atoms with E-state index in [1.165, 1.54) is 4.90 Å². The number of carbonyl (C=O) groups excluding carboxylic acids is 5. The summed E-state index contributed by atoms with van der Waals surface area (Å²) in [6.45, 7) is 0.900. The minimum Gasteiger partial charge on any atom is -0.507 e. The fourth-order valence-corrected chi connectivity index (χ4v) is 7.47. The van der Waals surface area contributed by atoms with Crippen LogP contribution in [0.3, 0.4) is 0 Å². The summed E-state index contributed by atoms with van der Waals surface area (Å²) in [7, 11) is 8.68. The van der Waals surface area contributed by atoms with Gasteiger partial charge in [0.2, 0.25) is 5.91 Å². The Hall–Kier alpha value is -3.93. The molecule has 6 atom stereocenters. The number of nitrogens with two attached hydrogens (primary N) is 1. The third-order valence-corrected chi connectivity index (χ3v) is 9.33. The molecule has 0 spiro atoms. The van der Waals surface area contributed by atoms with Crippen LogP contribution >= 0.6 is 0 Å². The molecule has 11 heteroatoms. The van der Waals surface area contributed by atoms with Crippen LogP contribution in [0.4, 0.5) is 5.69 Å². The lowest BCUT2D eigenvalue weighted by Crippen LogP contribution is -2.74. The van der Waals surface area contributed by atoms with Crippen LogP contribution < -0.4 is 10.6 Å². The third kappa shape index (κ3) is 4.75. The number of likely N-dealkylation sites (N-methyl/N-ethyl adjacent to an activating group) is 1. The largest absolute Gasteiger partial charge is 0.507 e. The number of fused-ring (bicyclic) bond motifs is 3. The van der Waals surface area contributed by atoms with Crippen molar-refractivity contribution < 1.29 is 34.2 Å². The average molecular weight is 591 g/mol. The number of Topliss-reactive ketones (excluding diaryl/α,β-unsaturated/α-hetero) is 4. The van der Waals surface area contributed by atoms with E-state index in [0.717, 1.165) is 5.56 Å². The second-order valence-electron chi connectivity index (χ2n) is 12.6. The molecule has 2 unspecified atom stereocenters. The van der Waals surface area contributed by atoms with E-state index in [1.54, 1.807) is 14.1 Å². The summed E-state index contributed by atoms with van der Waals surface area (Å²) in [5.41, 5.74) is 5.51. The maximum absolute atomic E-state index is 14.2. The van der Waals surface area contributed by atoms with Crippen LogP contribution in [0.25, 0.3) is 0 Å². The maximum Gasteiger partial charge on any atom is 0.235 e. The number of phenols is 1. The van der Waals surface area contributed by atoms with Crippen molar-refractivity contribution in [3.05, 3.63) is 58.7 Å². The van der Waals surface area contributed by atoms with Gasteiger partial charge in [-0.25, -0.2) is 0 Å². The number of ketones is 4. The standard InChI is InChI=1S/C32H38N4O7/c1-34(2)21-13-18(15-36(5)14-16-9-7-6-8-10-16)26(37)23-19(21)11-17-12-20-25(35(3)4)28(39)24(31(33)42)30(41)32(20,43)29(40)22(17)27(23)38/h6-10,13,17,20,22,24-25,37,43H,11-12,14-15H2,1-5H3,(H2,33,42)/t17-,20-,22?,24?,25-,32-/m0/s1. The summed E-state index contributed by atoms with van der Waals surface area (Å²) in [5, 5.41) is 23.3. The van der Waals surface area contributed by atoms with Gasteiger partial charge in [0.25, 0.3) is 0 Å². The molecule has 2 aromatic carbocycles. The molecule has 3 aliphatic rings. The summed E-state index contributed by atoms with van der Waals surface area (Å²) in [5.74, 6) is -10.5. The number of primary amides is 1. The number of phenolic OH excluding ortho intramolecular Hbond substituents is 1. The summed E-state index contributed by atoms with van der Waals surface area (Å²) in [4.78, 5) is 72.6. The topological polar surface area (TPSA) is 162 Å². The predicted octanol–water partition coefficient (Wildman–Crippen LogP) is 0.565. The monoisotopic (exact) mass is 590 g/mol. The predicted molar refractivity (Wildman–Crippen MR) is 157 cm³/mol. The maximum atomic E-state index is 14.2. The van der Waals surface area contributed by atoms with E-state index in [1.807, 2.05) is 67.3 Å². The minimum atomic E-state index is -2.75. The minimum absolute atomic E-state index is 0.000840. The first-order valence-corrected chi connectivity index (χ1v) is 14.3. The molecule has 0 aromatic heterocycles. The van der Waals surface area contributed by atoms with Crippen LogP contribution in [0, 0.1) is 23.7 Å². The van der Waals surface area contributed by atoms with Crippen molar-refractivity contribution >= 4 is 34.7 Å². The highest BCUT2D eigenvalue weighted by Gasteiger charge is 2.69. The van der Waals surface area contributed by atoms with Crippen molar-refractivity contribution in [2.75, 3.05) is 40.1 Å². The average Bonchev–Trinajstić information content (AvgIpc) is 2.92. The number of hydrogen-bond acceptors (Lipinski definition) is 10. The lowest BCUT2D eigenvalue weighted by Gasteiger charge is -2.52. The van der Waals surface area contributed by atoms with Gasteiger partial charge in [0.05, 0.1) is 17.5 Å². The van der Waals surface area contributed by atoms with Crippen LogP contribution in [0.5, 0.6) is 5.75 Å². The van der Waals surface area contributed by atoms with Crippen LogP contribution in [0.1, 0.15) is 33.5 Å². The number of rotatable bonds is 7. The molecular weight excluding hydrogens is 552 g/mol. The Morgan fingerprint density at radius 2 is 1.65 bits per heavy atom. The second kappa shape index (κ2) is 11.0. The smallest absolute Gasteiger partial charge is 0.235 e. The van der Waals surface area contributed by atoms with E-state index < -0.39 is 64.4 Å². The van der Waals surface area contributed by atoms with Crippen molar-refractivity contribution in [3.8, 4) is 5.75 Å². The highest BCUT2D eigenvalue weighted by Crippen LogP contribution is 2.52. The number of aliphatic hydroxyl groups is 1. The van der Waals surface area contributed by atoms with E-state index in [2.05, 4.69) is 0 Å². The molecule has 5 rings (SSSR count). The summed E-state index contributed by atoms with van der Waals surface area (Å²) in [6, 6.07) is 10.5. The third-order valence-electron chi connectivity index (χ3n) is 9.33. The van der Waals surface area contributed by atoms with Gasteiger partial charge in [-0.2, -0.15) is 0 Å². The molecule has 3 aliphatic carbocycles. The van der Waals surface area contributed by atoms with Gasteiger partial charge >= 0.3 is 0 Å². The molecular formula is C32H38N4O7.